The number of carbonyl (C=O) groups excluding carboxylic acids is 6. The van der Waals surface area contributed by atoms with Crippen LogP contribution in [0.4, 0.5) is 9.59 Å². The normalized spacial score (nSPS) is 32.0. The van der Waals surface area contributed by atoms with E-state index in [-0.39, 0.29) is 54.6 Å². The number of furan rings is 1. The summed E-state index contributed by atoms with van der Waals surface area (Å²) in [7, 11) is 0. The number of hydrogen-bond donors (Lipinski definition) is 4. The first-order chi connectivity index (χ1) is 29.1. The summed E-state index contributed by atoms with van der Waals surface area (Å²) in [6.45, 7) is 11.7. The van der Waals surface area contributed by atoms with Crippen LogP contribution < -0.4 is 5.32 Å². The minimum absolute atomic E-state index is 0.0207. The van der Waals surface area contributed by atoms with Gasteiger partial charge in [-0.15, -0.1) is 0 Å². The molecule has 1 amide bonds. The molecule has 4 aliphatic rings. The largest absolute Gasteiger partial charge is 0.509 e. The lowest BCUT2D eigenvalue weighted by atomic mass is 9.44. The van der Waals surface area contributed by atoms with Gasteiger partial charge >= 0.3 is 30.2 Å². The van der Waals surface area contributed by atoms with Crippen LogP contribution in [0.2, 0.25) is 0 Å². The number of rotatable bonds is 12. The van der Waals surface area contributed by atoms with Crippen LogP contribution in [0.25, 0.3) is 0 Å². The standard InChI is InChI=1S/C44H55NO17/c1-9-55-40(53)60-33-30-23(4)27(59-38(51)32(48)31(26-16-13-17-56-26)45-39(52)57-20-22(2)3)19-44(54,41(30,6)7)36(61-37(50)25-14-11-10-12-15-25)34-42(8,35(33)49)28(47)18-29-43(34,21-58-29)62-24(5)46/h10-17,22,27-29,31-34,36,47-48,54H,9,18-21H2,1-8H3,(H,45,52)/t27-,28-,29+,31-,32+,33+,34?,36-,42+,43-,44+/m0/s1. The number of carbonyl (C=O) groups is 6. The Bertz CT molecular complexity index is 2060. The Morgan fingerprint density at radius 3 is 2.26 bits per heavy atom. The average molecular weight is 870 g/mol. The minimum Gasteiger partial charge on any atom is -0.467 e. The highest BCUT2D eigenvalue weighted by molar-refractivity contribution is 5.95. The molecule has 1 unspecified atom stereocenters. The van der Waals surface area contributed by atoms with Gasteiger partial charge in [-0.25, -0.2) is 19.2 Å². The predicted molar refractivity (Wildman–Crippen MR) is 212 cm³/mol. The third-order valence-electron chi connectivity index (χ3n) is 12.9. The van der Waals surface area contributed by atoms with Crippen molar-refractivity contribution in [3.05, 3.63) is 71.2 Å². The molecule has 2 saturated carbocycles. The summed E-state index contributed by atoms with van der Waals surface area (Å²) in [5, 5.41) is 39.7. The Morgan fingerprint density at radius 2 is 1.68 bits per heavy atom. The Balaban J connectivity index is 1.54. The Kier molecular flexibility index (Phi) is 13.0. The van der Waals surface area contributed by atoms with Crippen LogP contribution in [0.3, 0.4) is 0 Å². The first-order valence-electron chi connectivity index (χ1n) is 20.6. The van der Waals surface area contributed by atoms with Crippen molar-refractivity contribution >= 4 is 35.9 Å². The van der Waals surface area contributed by atoms with E-state index in [0.29, 0.717) is 0 Å². The number of fused-ring (bicyclic) bond motifs is 5. The monoisotopic (exact) mass is 869 g/mol. The first-order valence-corrected chi connectivity index (χ1v) is 20.6. The van der Waals surface area contributed by atoms with E-state index < -0.39 is 113 Å². The molecule has 0 spiro atoms. The van der Waals surface area contributed by atoms with Crippen LogP contribution in [0.15, 0.2) is 64.3 Å². The van der Waals surface area contributed by atoms with Crippen LogP contribution in [0.5, 0.6) is 0 Å². The molecule has 3 fully saturated rings. The lowest BCUT2D eigenvalue weighted by Gasteiger charge is -2.67. The van der Waals surface area contributed by atoms with Crippen molar-refractivity contribution in [2.45, 2.75) is 122 Å². The van der Waals surface area contributed by atoms with Gasteiger partial charge in [0.2, 0.25) is 0 Å². The van der Waals surface area contributed by atoms with Gasteiger partial charge in [0.25, 0.3) is 0 Å². The van der Waals surface area contributed by atoms with Crippen LogP contribution in [0.1, 0.15) is 90.4 Å². The van der Waals surface area contributed by atoms with E-state index in [0.717, 1.165) is 6.92 Å². The molecule has 4 N–H and O–H groups in total. The summed E-state index contributed by atoms with van der Waals surface area (Å²) in [4.78, 5) is 83.1. The lowest BCUT2D eigenvalue weighted by molar-refractivity contribution is -0.346. The van der Waals surface area contributed by atoms with Crippen LogP contribution in [0, 0.1) is 22.7 Å². The average Bonchev–Trinajstić information content (AvgIpc) is 3.75. The summed E-state index contributed by atoms with van der Waals surface area (Å²) < 4.78 is 45.9. The van der Waals surface area contributed by atoms with Gasteiger partial charge in [0.1, 0.15) is 35.7 Å². The van der Waals surface area contributed by atoms with E-state index in [4.69, 9.17) is 37.6 Å². The maximum absolute atomic E-state index is 15.6. The molecule has 0 radical (unpaired) electrons. The number of hydrogen-bond acceptors (Lipinski definition) is 17. The molecule has 1 aromatic carbocycles. The van der Waals surface area contributed by atoms with Gasteiger partial charge in [0, 0.05) is 25.2 Å². The zero-order valence-corrected chi connectivity index (χ0v) is 35.9. The van der Waals surface area contributed by atoms with Gasteiger partial charge in [-0.2, -0.15) is 0 Å². The first kappa shape index (κ1) is 46.2. The van der Waals surface area contributed by atoms with E-state index >= 15 is 4.79 Å². The number of ketones is 1. The molecule has 18 nitrogen and oxygen atoms in total. The Hall–Kier alpha value is -5.30. The van der Waals surface area contributed by atoms with Gasteiger partial charge < -0.3 is 58.2 Å². The predicted octanol–water partition coefficient (Wildman–Crippen LogP) is 3.89. The number of alkyl carbamates (subject to hydrolysis) is 1. The summed E-state index contributed by atoms with van der Waals surface area (Å²) in [6, 6.07) is 9.09. The molecule has 18 heteroatoms. The van der Waals surface area contributed by atoms with E-state index in [2.05, 4.69) is 5.32 Å². The molecule has 2 bridgehead atoms. The molecule has 2 aromatic rings. The number of Topliss-reactive ketones (excluding diaryl/α,β-unsaturated/α-hetero) is 1. The van der Waals surface area contributed by atoms with E-state index in [1.54, 1.807) is 18.2 Å². The Labute approximate surface area is 358 Å². The number of aliphatic hydroxyl groups is 3. The number of benzene rings is 1. The van der Waals surface area contributed by atoms with Crippen molar-refractivity contribution in [1.82, 2.24) is 5.32 Å². The van der Waals surface area contributed by atoms with Gasteiger partial charge in [0.05, 0.1) is 49.1 Å². The SMILES string of the molecule is CCOC(=O)O[C@H]1C(=O)[C@@]2(C)C([C@H](OC(=O)c3ccccc3)[C@]3(O)C[C@H](OC(=O)[C@H](O)[C@@H](NC(=O)OCC(C)C)c4ccco4)C(C)=C1C3(C)C)[C@]1(OC(C)=O)CO[C@@H]1C[C@@H]2O. The fourth-order valence-electron chi connectivity index (χ4n) is 9.63. The van der Waals surface area contributed by atoms with Gasteiger partial charge in [-0.1, -0.05) is 45.9 Å². The molecule has 6 rings (SSSR count). The van der Waals surface area contributed by atoms with Crippen molar-refractivity contribution in [1.29, 1.82) is 0 Å². The molecule has 1 saturated heterocycles. The zero-order valence-electron chi connectivity index (χ0n) is 35.9. The zero-order chi connectivity index (χ0) is 45.5. The molecular weight excluding hydrogens is 814 g/mol. The molecule has 11 atom stereocenters. The van der Waals surface area contributed by atoms with Crippen molar-refractivity contribution in [3.63, 3.8) is 0 Å². The number of aliphatic hydroxyl groups excluding tert-OH is 2. The summed E-state index contributed by atoms with van der Waals surface area (Å²) >= 11 is 0. The van der Waals surface area contributed by atoms with Gasteiger partial charge in [-0.3, -0.25) is 9.59 Å². The number of nitrogens with one attached hydrogen (secondary N) is 1. The van der Waals surface area contributed by atoms with Gasteiger partial charge in [-0.05, 0) is 62.1 Å². The minimum atomic E-state index is -2.45. The van der Waals surface area contributed by atoms with Crippen LogP contribution >= 0.6 is 0 Å². The molecule has 62 heavy (non-hydrogen) atoms. The number of amides is 1. The second-order valence-electron chi connectivity index (χ2n) is 17.4. The fraction of sp³-hybridized carbons (Fsp3) is 0.591. The van der Waals surface area contributed by atoms with Crippen molar-refractivity contribution in [2.75, 3.05) is 19.8 Å². The fourth-order valence-corrected chi connectivity index (χ4v) is 9.63. The van der Waals surface area contributed by atoms with Crippen molar-refractivity contribution in [2.24, 2.45) is 22.7 Å². The molecule has 1 aliphatic heterocycles. The second-order valence-corrected chi connectivity index (χ2v) is 17.4. The molecule has 2 heterocycles. The topological polar surface area (TPSA) is 253 Å². The second kappa shape index (κ2) is 17.5. The smallest absolute Gasteiger partial charge is 0.467 e. The highest BCUT2D eigenvalue weighted by Gasteiger charge is 2.78. The maximum atomic E-state index is 15.6. The highest BCUT2D eigenvalue weighted by Crippen LogP contribution is 2.64. The number of esters is 3. The van der Waals surface area contributed by atoms with Crippen LogP contribution in [-0.4, -0.2) is 119 Å². The lowest BCUT2D eigenvalue weighted by Crippen LogP contribution is -2.82. The molecule has 338 valence electrons. The molecular formula is C44H55NO17. The maximum Gasteiger partial charge on any atom is 0.509 e. The highest BCUT2D eigenvalue weighted by atomic mass is 16.7. The third-order valence-corrected chi connectivity index (χ3v) is 12.9. The van der Waals surface area contributed by atoms with E-state index in [1.807, 2.05) is 13.8 Å². The third kappa shape index (κ3) is 7.97. The summed E-state index contributed by atoms with van der Waals surface area (Å²) in [5.41, 5.74) is -8.06. The van der Waals surface area contributed by atoms with Gasteiger partial charge in [0.15, 0.2) is 23.6 Å². The quantitative estimate of drug-likeness (QED) is 0.134. The summed E-state index contributed by atoms with van der Waals surface area (Å²) in [5.74, 6) is -5.71. The summed E-state index contributed by atoms with van der Waals surface area (Å²) in [6.07, 6.45) is -12.0. The van der Waals surface area contributed by atoms with Crippen LogP contribution in [-0.2, 0) is 47.5 Å². The van der Waals surface area contributed by atoms with E-state index in [9.17, 15) is 39.3 Å². The molecule has 3 aliphatic carbocycles. The Morgan fingerprint density at radius 1 is 0.984 bits per heavy atom. The molecule has 1 aromatic heterocycles. The van der Waals surface area contributed by atoms with E-state index in [1.165, 1.54) is 65.1 Å². The van der Waals surface area contributed by atoms with Crippen molar-refractivity contribution < 1.29 is 81.7 Å². The van der Waals surface area contributed by atoms with Crippen molar-refractivity contribution in [3.8, 4) is 0 Å². The number of ether oxygens (including phenoxy) is 7.